The largest absolute Gasteiger partial charge is 0.477 e. The summed E-state index contributed by atoms with van der Waals surface area (Å²) in [6, 6.07) is -1.80. The Morgan fingerprint density at radius 3 is 1.17 bits per heavy atom. The van der Waals surface area contributed by atoms with E-state index in [1.54, 1.807) is 0 Å². The van der Waals surface area contributed by atoms with Crippen LogP contribution in [0.25, 0.3) is 0 Å². The molecule has 0 aromatic carbocycles. The lowest BCUT2D eigenvalue weighted by Crippen LogP contribution is -2.70. The number of phosphoric ester groups is 2. The van der Waals surface area contributed by atoms with Crippen molar-refractivity contribution in [1.82, 2.24) is 0 Å². The van der Waals surface area contributed by atoms with Gasteiger partial charge in [0.15, 0.2) is 44.0 Å². The predicted molar refractivity (Wildman–Crippen MR) is 355 cm³/mol. The molecule has 700 valence electrons. The SMILES string of the molecule is N[C@H]1[C@@H](O[C@H]2[C@@H](O[C@H]3[C@@H](O[C@@H]4[C@@H](O)[C@@H](O[C@@H]5[C@H](O)[C@@H](O[C@@H]6[C@H](O)[C@@H](O[C@H]7[C@@H]([C@H](O)CO)O[C@@](O)(C(=O)O)C[C@H]7O[C@]7(C(=O)O)C[C@@H](O)[C@@H](O)[C@@H]([C@H](O)CO)O7)O[C@H]([C@@H](O)CO)[C@H]6OP(=O)(O)O)O[C@H]([C@@H](O)CO)[C@H]5OP(=O)(O)O)O[C@H](CO[C@H]5O[C@H](CO)[C@H](O)[C@H](O)[C@H]5O)[C@H]4O)O[C@H](CO)[C@@H](O)[C@@H]3O)O[C@H](CO)[C@@H](O)[C@@H]2O)O[C@H](CO)[C@@H](O)[C@@H]1O. The molecule has 0 amide bonds. The smallest absolute Gasteiger partial charge is 0.470 e. The van der Waals surface area contributed by atoms with Crippen LogP contribution < -0.4 is 5.73 Å². The van der Waals surface area contributed by atoms with E-state index < -0.39 is 387 Å². The third-order valence-electron chi connectivity index (χ3n) is 21.2. The van der Waals surface area contributed by atoms with E-state index in [4.69, 9.17) is 95.3 Å². The molecule has 36 N–H and O–H groups in total. The van der Waals surface area contributed by atoms with Gasteiger partial charge < -0.3 is 259 Å². The second-order valence-electron chi connectivity index (χ2n) is 29.3. The summed E-state index contributed by atoms with van der Waals surface area (Å²) >= 11 is 0. The quantitative estimate of drug-likeness (QED) is 0.0262. The van der Waals surface area contributed by atoms with Crippen LogP contribution >= 0.6 is 15.6 Å². The van der Waals surface area contributed by atoms with Gasteiger partial charge in [0.1, 0.15) is 214 Å². The van der Waals surface area contributed by atoms with Crippen molar-refractivity contribution >= 4 is 27.6 Å². The molecule has 47 atom stereocenters. The Morgan fingerprint density at radius 1 is 0.367 bits per heavy atom. The van der Waals surface area contributed by atoms with Crippen LogP contribution in [0.15, 0.2) is 0 Å². The average Bonchev–Trinajstić information content (AvgIpc) is 0.745. The van der Waals surface area contributed by atoms with E-state index >= 15 is 0 Å². The highest BCUT2D eigenvalue weighted by Crippen LogP contribution is 2.49. The second-order valence-corrected chi connectivity index (χ2v) is 31.7. The number of aliphatic carboxylic acids is 2. The van der Waals surface area contributed by atoms with Gasteiger partial charge in [-0.2, -0.15) is 0 Å². The summed E-state index contributed by atoms with van der Waals surface area (Å²) in [5.74, 6) is -12.0. The Hall–Kier alpha value is -2.68. The molecule has 0 aromatic heterocycles. The molecule has 120 heavy (non-hydrogen) atoms. The maximum Gasteiger partial charge on any atom is 0.470 e. The summed E-state index contributed by atoms with van der Waals surface area (Å²) in [7, 11) is -12.5. The number of rotatable bonds is 35. The molecular weight excluding hydrogens is 1710 g/mol. The van der Waals surface area contributed by atoms with Crippen molar-refractivity contribution in [1.29, 1.82) is 0 Å². The molecule has 0 aliphatic carbocycles. The Kier molecular flexibility index (Phi) is 35.2. The fourth-order valence-electron chi connectivity index (χ4n) is 14.7. The van der Waals surface area contributed by atoms with Crippen LogP contribution in [0.3, 0.4) is 0 Å². The average molecular weight is 1810 g/mol. The lowest BCUT2D eigenvalue weighted by Gasteiger charge is -2.52. The summed E-state index contributed by atoms with van der Waals surface area (Å²) in [6.45, 7) is -12.1. The Bertz CT molecular complexity index is 3330. The first-order valence-electron chi connectivity index (χ1n) is 36.5. The number of ether oxygens (including phenoxy) is 17. The topological polar surface area (TPSA) is 957 Å². The second kappa shape index (κ2) is 41.8. The highest BCUT2D eigenvalue weighted by atomic mass is 31.2. The minimum Gasteiger partial charge on any atom is -0.477 e. The van der Waals surface area contributed by atoms with Crippen molar-refractivity contribution in [3.63, 3.8) is 0 Å². The van der Waals surface area contributed by atoms with Crippen molar-refractivity contribution in [3.05, 3.63) is 0 Å². The van der Waals surface area contributed by atoms with Crippen molar-refractivity contribution in [2.45, 2.75) is 300 Å². The minimum atomic E-state index is -6.27. The summed E-state index contributed by atoms with van der Waals surface area (Å²) in [6.07, 6.45) is -113. The number of nitrogens with two attached hydrogens (primary N) is 1. The molecular formula is C60H103NO57P2. The first-order valence-corrected chi connectivity index (χ1v) is 39.6. The zero-order chi connectivity index (χ0) is 89.3. The molecule has 9 heterocycles. The van der Waals surface area contributed by atoms with Crippen molar-refractivity contribution in [3.8, 4) is 0 Å². The summed E-state index contributed by atoms with van der Waals surface area (Å²) in [4.78, 5) is 67.9. The van der Waals surface area contributed by atoms with Crippen molar-refractivity contribution in [2.75, 3.05) is 59.5 Å². The van der Waals surface area contributed by atoms with E-state index in [9.17, 15) is 191 Å². The van der Waals surface area contributed by atoms with Gasteiger partial charge in [0.25, 0.3) is 11.6 Å². The van der Waals surface area contributed by atoms with Crippen molar-refractivity contribution < 1.29 is 281 Å². The number of aliphatic hydroxyl groups excluding tert-OH is 27. The minimum absolute atomic E-state index is 1.02. The van der Waals surface area contributed by atoms with Crippen LogP contribution in [0.5, 0.6) is 0 Å². The molecule has 60 heteroatoms. The van der Waals surface area contributed by atoms with Crippen LogP contribution in [-0.2, 0) is 108 Å². The number of hydrogen-bond donors (Lipinski definition) is 35. The van der Waals surface area contributed by atoms with Gasteiger partial charge >= 0.3 is 27.6 Å². The van der Waals surface area contributed by atoms with Gasteiger partial charge in [0, 0.05) is 12.8 Å². The Morgan fingerprint density at radius 2 is 0.733 bits per heavy atom. The molecule has 0 unspecified atom stereocenters. The lowest BCUT2D eigenvalue weighted by molar-refractivity contribution is -0.410. The van der Waals surface area contributed by atoms with E-state index in [0.29, 0.717) is 0 Å². The normalized spacial score (nSPS) is 48.0. The Balaban J connectivity index is 1.13. The number of carboxylic acid groups (broad SMARTS) is 2. The Labute approximate surface area is 672 Å². The molecule has 0 spiro atoms. The molecule has 0 radical (unpaired) electrons. The molecule has 0 bridgehead atoms. The molecule has 0 saturated carbocycles. The van der Waals surface area contributed by atoms with E-state index in [-0.39, 0.29) is 0 Å². The summed E-state index contributed by atoms with van der Waals surface area (Å²) in [5, 5.41) is 330. The number of hydrogen-bond acceptors (Lipinski definition) is 52. The maximum absolute atomic E-state index is 13.3. The first kappa shape index (κ1) is 101. The van der Waals surface area contributed by atoms with Crippen LogP contribution in [0.1, 0.15) is 12.8 Å². The van der Waals surface area contributed by atoms with Gasteiger partial charge in [-0.1, -0.05) is 0 Å². The van der Waals surface area contributed by atoms with Crippen LogP contribution in [0, 0.1) is 0 Å². The predicted octanol–water partition coefficient (Wildman–Crippen LogP) is -22.0. The highest BCUT2D eigenvalue weighted by molar-refractivity contribution is 7.46. The van der Waals surface area contributed by atoms with Gasteiger partial charge in [-0.05, 0) is 0 Å². The van der Waals surface area contributed by atoms with Gasteiger partial charge in [0.05, 0.1) is 77.7 Å². The molecule has 9 fully saturated rings. The number of phosphoric acid groups is 2. The molecule has 58 nitrogen and oxygen atoms in total. The molecule has 9 rings (SSSR count). The standard InChI is InChI=1S/C60H103NO57P2/c61-23-30(81)25(76)18(7-66)101-50(23)112-46-32(83)27(78)21(10-69)104-56(46)113-47-33(84)28(79)20(9-68)103-55(47)109-43-29(80)22(11-100-51-34(85)31(82)26(77)19(8-67)102-51)105-52(35(43)86)110-44-37(88)54(107-40(15(73)5-64)48(44)117-119(94,95)96)111-45-36(87)53(106-39(14(72)4-63)49(45)118-120(97,98)99)108-42-17(2-59(93,57(89)90)115-41(42)16(74)6-65)114-60(58(91)92)1-12(70)24(75)38(116-60)13(71)3-62/h12-56,62-88,93H,1-11,61H2,(H,89,90)(H,91,92)(H2,94,95,96)(H2,97,98,99)/t12-,13-,14+,15+,16-,17-,18-,19-,20-,21-,22-,23-,24-,25-,26+,27-,28-,29-,30-,31+,32+,33+,34-,35-,36+,37+,38-,39-,40-,41-,42-,43+,44-,45-,46-,47-,48-,49-,50-,51+,52-,53-,54-,55-,56-,59-,60-/m1/s1. The van der Waals surface area contributed by atoms with E-state index in [2.05, 4.69) is 0 Å². The van der Waals surface area contributed by atoms with Crippen molar-refractivity contribution in [2.24, 2.45) is 5.73 Å². The fraction of sp³-hybridized carbons (Fsp3) is 0.967. The zero-order valence-corrected chi connectivity index (χ0v) is 63.6. The third kappa shape index (κ3) is 22.1. The molecule has 0 aromatic rings. The molecule has 9 aliphatic rings. The van der Waals surface area contributed by atoms with Crippen LogP contribution in [0.4, 0.5) is 0 Å². The first-order chi connectivity index (χ1) is 56.1. The van der Waals surface area contributed by atoms with E-state index in [1.807, 2.05) is 0 Å². The van der Waals surface area contributed by atoms with Gasteiger partial charge in [-0.15, -0.1) is 0 Å². The molecule has 9 aliphatic heterocycles. The van der Waals surface area contributed by atoms with E-state index in [0.717, 1.165) is 0 Å². The van der Waals surface area contributed by atoms with Gasteiger partial charge in [-0.3, -0.25) is 9.05 Å². The zero-order valence-electron chi connectivity index (χ0n) is 61.8. The van der Waals surface area contributed by atoms with Gasteiger partial charge in [0.2, 0.25) is 0 Å². The highest BCUT2D eigenvalue weighted by Gasteiger charge is 2.66. The maximum atomic E-state index is 13.3. The monoisotopic (exact) mass is 1810 g/mol. The number of aliphatic hydroxyl groups is 28. The summed E-state index contributed by atoms with van der Waals surface area (Å²) < 4.78 is 134. The fourth-order valence-corrected chi connectivity index (χ4v) is 15.8. The summed E-state index contributed by atoms with van der Waals surface area (Å²) in [5.41, 5.74) is 6.09. The van der Waals surface area contributed by atoms with E-state index in [1.165, 1.54) is 0 Å². The van der Waals surface area contributed by atoms with Crippen LogP contribution in [-0.4, -0.2) is 532 Å². The lowest BCUT2D eigenvalue weighted by atomic mass is 9.89. The molecule has 9 saturated heterocycles. The number of carboxylic acids is 2. The third-order valence-corrected chi connectivity index (χ3v) is 22.2. The van der Waals surface area contributed by atoms with Gasteiger partial charge in [-0.25, -0.2) is 18.7 Å². The van der Waals surface area contributed by atoms with Crippen LogP contribution in [0.2, 0.25) is 0 Å². The number of carbonyl (C=O) groups is 2.